The average Bonchev–Trinajstić information content (AvgIpc) is 3.18. The Morgan fingerprint density at radius 3 is 2.84 bits per heavy atom. The van der Waals surface area contributed by atoms with E-state index in [2.05, 4.69) is 50.6 Å². The van der Waals surface area contributed by atoms with Crippen molar-refractivity contribution in [3.05, 3.63) is 35.7 Å². The summed E-state index contributed by atoms with van der Waals surface area (Å²) in [6.45, 7) is 2.36. The van der Waals surface area contributed by atoms with Crippen LogP contribution in [-0.2, 0) is 0 Å². The van der Waals surface area contributed by atoms with E-state index in [4.69, 9.17) is 0 Å². The fraction of sp³-hybridized carbons (Fsp3) is 0.267. The minimum absolute atomic E-state index is 0.976. The molecule has 0 amide bonds. The Kier molecular flexibility index (Phi) is 2.55. The van der Waals surface area contributed by atoms with Crippen LogP contribution in [0.25, 0.3) is 21.7 Å². The molecule has 1 aromatic carbocycles. The zero-order valence-electron chi connectivity index (χ0n) is 10.6. The molecule has 2 aromatic heterocycles. The third-order valence-electron chi connectivity index (χ3n) is 3.69. The number of nitrogens with zero attached hydrogens (tertiary/aromatic N) is 2. The van der Waals surface area contributed by atoms with Gasteiger partial charge in [0.2, 0.25) is 0 Å². The molecule has 1 fully saturated rings. The van der Waals surface area contributed by atoms with Crippen LogP contribution < -0.4 is 4.90 Å². The maximum Gasteiger partial charge on any atom is 0.148 e. The fourth-order valence-electron chi connectivity index (χ4n) is 2.70. The third kappa shape index (κ3) is 1.92. The normalized spacial score (nSPS) is 15.5. The number of hydrogen-bond donors (Lipinski definition) is 1. The van der Waals surface area contributed by atoms with Gasteiger partial charge in [-0.3, -0.25) is 0 Å². The lowest BCUT2D eigenvalue weighted by molar-refractivity contribution is 0.949. The van der Waals surface area contributed by atoms with Crippen LogP contribution in [0.3, 0.4) is 0 Å². The summed E-state index contributed by atoms with van der Waals surface area (Å²) in [5.74, 6) is 0.976. The molecule has 3 heterocycles. The first-order valence-electron chi connectivity index (χ1n) is 6.69. The van der Waals surface area contributed by atoms with E-state index < -0.39 is 0 Å². The molecule has 1 N–H and O–H groups in total. The SMILES string of the molecule is c1csc(-c2nc3ccc(N4CCCC4)cc3[nH]2)c1. The van der Waals surface area contributed by atoms with E-state index in [0.717, 1.165) is 16.9 Å². The van der Waals surface area contributed by atoms with Crippen molar-refractivity contribution in [1.29, 1.82) is 0 Å². The monoisotopic (exact) mass is 269 g/mol. The van der Waals surface area contributed by atoms with Crippen molar-refractivity contribution in [2.45, 2.75) is 12.8 Å². The standard InChI is InChI=1S/C15H15N3S/c1-2-8-18(7-1)11-5-6-12-13(10-11)17-15(16-12)14-4-3-9-19-14/h3-6,9-10H,1-2,7-8H2,(H,16,17). The number of fused-ring (bicyclic) bond motifs is 1. The molecule has 0 unspecified atom stereocenters. The Hall–Kier alpha value is -1.81. The molecule has 0 radical (unpaired) electrons. The first kappa shape index (κ1) is 11.1. The Morgan fingerprint density at radius 1 is 1.16 bits per heavy atom. The number of aromatic nitrogens is 2. The van der Waals surface area contributed by atoms with Crippen LogP contribution >= 0.6 is 11.3 Å². The molecule has 3 nitrogen and oxygen atoms in total. The molecule has 0 aliphatic carbocycles. The molecule has 3 aromatic rings. The van der Waals surface area contributed by atoms with Crippen molar-refractivity contribution in [3.8, 4) is 10.7 Å². The summed E-state index contributed by atoms with van der Waals surface area (Å²) in [5.41, 5.74) is 3.49. The maximum absolute atomic E-state index is 4.66. The van der Waals surface area contributed by atoms with Gasteiger partial charge < -0.3 is 9.88 Å². The molecule has 0 atom stereocenters. The van der Waals surface area contributed by atoms with Gasteiger partial charge in [0.15, 0.2) is 0 Å². The van der Waals surface area contributed by atoms with Crippen LogP contribution in [0, 0.1) is 0 Å². The second kappa shape index (κ2) is 4.38. The number of hydrogen-bond acceptors (Lipinski definition) is 3. The van der Waals surface area contributed by atoms with Crippen LogP contribution in [0.15, 0.2) is 35.7 Å². The van der Waals surface area contributed by atoms with Crippen molar-refractivity contribution in [2.75, 3.05) is 18.0 Å². The van der Waals surface area contributed by atoms with Crippen molar-refractivity contribution < 1.29 is 0 Å². The second-order valence-electron chi connectivity index (χ2n) is 4.96. The van der Waals surface area contributed by atoms with Gasteiger partial charge in [-0.25, -0.2) is 4.98 Å². The van der Waals surface area contributed by atoms with Crippen molar-refractivity contribution >= 4 is 28.1 Å². The van der Waals surface area contributed by atoms with Gasteiger partial charge in [0.1, 0.15) is 5.82 Å². The minimum atomic E-state index is 0.976. The Morgan fingerprint density at radius 2 is 2.05 bits per heavy atom. The molecule has 4 rings (SSSR count). The Balaban J connectivity index is 1.77. The summed E-state index contributed by atoms with van der Waals surface area (Å²) < 4.78 is 0. The highest BCUT2D eigenvalue weighted by Gasteiger charge is 2.13. The molecular weight excluding hydrogens is 254 g/mol. The van der Waals surface area contributed by atoms with Crippen LogP contribution in [0.2, 0.25) is 0 Å². The van der Waals surface area contributed by atoms with Crippen molar-refractivity contribution in [2.24, 2.45) is 0 Å². The van der Waals surface area contributed by atoms with Crippen LogP contribution in [0.1, 0.15) is 12.8 Å². The maximum atomic E-state index is 4.66. The predicted octanol–water partition coefficient (Wildman–Crippen LogP) is 3.89. The molecular formula is C15H15N3S. The molecule has 0 bridgehead atoms. The predicted molar refractivity (Wildman–Crippen MR) is 80.9 cm³/mol. The van der Waals surface area contributed by atoms with E-state index in [1.807, 2.05) is 0 Å². The number of H-pyrrole nitrogens is 1. The van der Waals surface area contributed by atoms with Gasteiger partial charge in [-0.1, -0.05) is 6.07 Å². The fourth-order valence-corrected chi connectivity index (χ4v) is 3.37. The lowest BCUT2D eigenvalue weighted by Crippen LogP contribution is -2.17. The zero-order valence-corrected chi connectivity index (χ0v) is 11.4. The summed E-state index contributed by atoms with van der Waals surface area (Å²) in [5, 5.41) is 2.08. The molecule has 96 valence electrons. The lowest BCUT2D eigenvalue weighted by atomic mass is 10.2. The Labute approximate surface area is 115 Å². The largest absolute Gasteiger partial charge is 0.371 e. The first-order valence-corrected chi connectivity index (χ1v) is 7.57. The quantitative estimate of drug-likeness (QED) is 0.765. The zero-order chi connectivity index (χ0) is 12.7. The summed E-state index contributed by atoms with van der Waals surface area (Å²) in [6, 6.07) is 10.7. The van der Waals surface area contributed by atoms with Gasteiger partial charge in [-0.05, 0) is 42.5 Å². The van der Waals surface area contributed by atoms with Crippen LogP contribution in [-0.4, -0.2) is 23.1 Å². The van der Waals surface area contributed by atoms with E-state index in [0.29, 0.717) is 0 Å². The van der Waals surface area contributed by atoms with Crippen LogP contribution in [0.5, 0.6) is 0 Å². The summed E-state index contributed by atoms with van der Waals surface area (Å²) in [6.07, 6.45) is 2.61. The van der Waals surface area contributed by atoms with E-state index >= 15 is 0 Å². The number of aromatic amines is 1. The molecule has 4 heteroatoms. The highest BCUT2D eigenvalue weighted by molar-refractivity contribution is 7.13. The van der Waals surface area contributed by atoms with E-state index in [-0.39, 0.29) is 0 Å². The van der Waals surface area contributed by atoms with Crippen LogP contribution in [0.4, 0.5) is 5.69 Å². The van der Waals surface area contributed by atoms with Gasteiger partial charge in [-0.2, -0.15) is 0 Å². The molecule has 19 heavy (non-hydrogen) atoms. The number of benzene rings is 1. The summed E-state index contributed by atoms with van der Waals surface area (Å²) in [7, 11) is 0. The molecule has 1 aliphatic heterocycles. The molecule has 0 spiro atoms. The van der Waals surface area contributed by atoms with Crippen molar-refractivity contribution in [1.82, 2.24) is 9.97 Å². The topological polar surface area (TPSA) is 31.9 Å². The van der Waals surface area contributed by atoms with Gasteiger partial charge in [0.05, 0.1) is 15.9 Å². The van der Waals surface area contributed by atoms with Gasteiger partial charge >= 0.3 is 0 Å². The number of anilines is 1. The summed E-state index contributed by atoms with van der Waals surface area (Å²) >= 11 is 1.72. The number of thiophene rings is 1. The number of rotatable bonds is 2. The van der Waals surface area contributed by atoms with Gasteiger partial charge in [0.25, 0.3) is 0 Å². The number of nitrogens with one attached hydrogen (secondary N) is 1. The highest BCUT2D eigenvalue weighted by Crippen LogP contribution is 2.28. The first-order chi connectivity index (χ1) is 9.40. The van der Waals surface area contributed by atoms with Gasteiger partial charge in [0, 0.05) is 18.8 Å². The Bertz CT molecular complexity index is 693. The molecule has 0 saturated carbocycles. The van der Waals surface area contributed by atoms with Gasteiger partial charge in [-0.15, -0.1) is 11.3 Å². The van der Waals surface area contributed by atoms with E-state index in [9.17, 15) is 0 Å². The van der Waals surface area contributed by atoms with Crippen molar-refractivity contribution in [3.63, 3.8) is 0 Å². The third-order valence-corrected chi connectivity index (χ3v) is 4.57. The molecule has 1 aliphatic rings. The van der Waals surface area contributed by atoms with E-state index in [1.165, 1.54) is 36.5 Å². The molecule has 1 saturated heterocycles. The van der Waals surface area contributed by atoms with E-state index in [1.54, 1.807) is 11.3 Å². The lowest BCUT2D eigenvalue weighted by Gasteiger charge is -2.17. The highest BCUT2D eigenvalue weighted by atomic mass is 32.1. The average molecular weight is 269 g/mol. The second-order valence-corrected chi connectivity index (χ2v) is 5.91. The smallest absolute Gasteiger partial charge is 0.148 e. The number of imidazole rings is 1. The summed E-state index contributed by atoms with van der Waals surface area (Å²) in [4.78, 5) is 11.7. The minimum Gasteiger partial charge on any atom is -0.371 e.